The molecule has 1 amide bonds. The number of ether oxygens (including phenoxy) is 1. The van der Waals surface area contributed by atoms with Gasteiger partial charge < -0.3 is 15.0 Å². The lowest BCUT2D eigenvalue weighted by molar-refractivity contribution is 0.102. The largest absolute Gasteiger partial charge is 0.489 e. The van der Waals surface area contributed by atoms with E-state index in [2.05, 4.69) is 34.0 Å². The first-order valence-electron chi connectivity index (χ1n) is 8.62. The second-order valence-electron chi connectivity index (χ2n) is 5.95. The summed E-state index contributed by atoms with van der Waals surface area (Å²) in [6, 6.07) is 9.11. The Labute approximate surface area is 149 Å². The molecule has 0 aliphatic heterocycles. The van der Waals surface area contributed by atoms with Crippen LogP contribution < -0.4 is 15.0 Å². The molecule has 134 valence electrons. The average Bonchev–Trinajstić information content (AvgIpc) is 2.57. The van der Waals surface area contributed by atoms with E-state index in [-0.39, 0.29) is 12.0 Å². The highest BCUT2D eigenvalue weighted by molar-refractivity contribution is 6.04. The average molecular weight is 342 g/mol. The minimum atomic E-state index is -0.279. The molecule has 0 saturated heterocycles. The highest BCUT2D eigenvalue weighted by atomic mass is 16.5. The van der Waals surface area contributed by atoms with E-state index in [4.69, 9.17) is 4.74 Å². The summed E-state index contributed by atoms with van der Waals surface area (Å²) in [4.78, 5) is 23.5. The van der Waals surface area contributed by atoms with Crippen LogP contribution in [0.2, 0.25) is 0 Å². The van der Waals surface area contributed by atoms with Crippen LogP contribution in [0.3, 0.4) is 0 Å². The van der Waals surface area contributed by atoms with Crippen LogP contribution in [0.25, 0.3) is 0 Å². The van der Waals surface area contributed by atoms with Gasteiger partial charge in [-0.2, -0.15) is 0 Å². The summed E-state index contributed by atoms with van der Waals surface area (Å²) < 4.78 is 5.75. The molecule has 0 radical (unpaired) electrons. The van der Waals surface area contributed by atoms with Crippen molar-refractivity contribution in [3.05, 3.63) is 41.9 Å². The van der Waals surface area contributed by atoms with Crippen molar-refractivity contribution >= 4 is 17.4 Å². The lowest BCUT2D eigenvalue weighted by Gasteiger charge is -2.20. The van der Waals surface area contributed by atoms with Crippen LogP contribution in [0.4, 0.5) is 11.5 Å². The number of aromatic nitrogens is 2. The molecule has 0 aliphatic rings. The van der Waals surface area contributed by atoms with Gasteiger partial charge in [0.2, 0.25) is 0 Å². The van der Waals surface area contributed by atoms with Gasteiger partial charge in [0.15, 0.2) is 0 Å². The predicted molar refractivity (Wildman–Crippen MR) is 100 cm³/mol. The number of rotatable bonds is 7. The van der Waals surface area contributed by atoms with E-state index in [1.165, 1.54) is 0 Å². The number of aryl methyl sites for hydroxylation is 1. The summed E-state index contributed by atoms with van der Waals surface area (Å²) in [5.74, 6) is 1.69. The smallest absolute Gasteiger partial charge is 0.274 e. The van der Waals surface area contributed by atoms with E-state index in [0.29, 0.717) is 23.0 Å². The molecule has 2 aromatic rings. The SMILES string of the molecule is CCN(CC)c1cc(C(=O)Nc2ccccc2OC(C)C)nc(C)n1. The van der Waals surface area contributed by atoms with E-state index in [9.17, 15) is 4.79 Å². The maximum absolute atomic E-state index is 12.7. The molecule has 0 atom stereocenters. The fourth-order valence-electron chi connectivity index (χ4n) is 2.49. The van der Waals surface area contributed by atoms with Gasteiger partial charge in [-0.15, -0.1) is 0 Å². The minimum Gasteiger partial charge on any atom is -0.489 e. The quantitative estimate of drug-likeness (QED) is 0.831. The van der Waals surface area contributed by atoms with Crippen LogP contribution in [0.15, 0.2) is 30.3 Å². The molecule has 0 bridgehead atoms. The fourth-order valence-corrected chi connectivity index (χ4v) is 2.49. The van der Waals surface area contributed by atoms with E-state index >= 15 is 0 Å². The lowest BCUT2D eigenvalue weighted by atomic mass is 10.2. The Bertz CT molecular complexity index is 727. The van der Waals surface area contributed by atoms with E-state index < -0.39 is 0 Å². The molecular formula is C19H26N4O2. The lowest BCUT2D eigenvalue weighted by Crippen LogP contribution is -2.25. The maximum Gasteiger partial charge on any atom is 0.274 e. The Morgan fingerprint density at radius 2 is 1.88 bits per heavy atom. The monoisotopic (exact) mass is 342 g/mol. The number of hydrogen-bond acceptors (Lipinski definition) is 5. The van der Waals surface area contributed by atoms with Crippen LogP contribution in [0.5, 0.6) is 5.75 Å². The van der Waals surface area contributed by atoms with Crippen molar-refractivity contribution in [3.8, 4) is 5.75 Å². The van der Waals surface area contributed by atoms with Gasteiger partial charge in [0.1, 0.15) is 23.1 Å². The number of nitrogens with zero attached hydrogens (tertiary/aromatic N) is 3. The van der Waals surface area contributed by atoms with Gasteiger partial charge in [0.25, 0.3) is 5.91 Å². The van der Waals surface area contributed by atoms with Gasteiger partial charge in [0, 0.05) is 19.2 Å². The highest BCUT2D eigenvalue weighted by Crippen LogP contribution is 2.25. The van der Waals surface area contributed by atoms with Crippen LogP contribution in [0.1, 0.15) is 44.0 Å². The third-order valence-corrected chi connectivity index (χ3v) is 3.64. The third-order valence-electron chi connectivity index (χ3n) is 3.64. The zero-order chi connectivity index (χ0) is 18.4. The molecule has 0 aliphatic carbocycles. The Kier molecular flexibility index (Phi) is 6.33. The molecular weight excluding hydrogens is 316 g/mol. The summed E-state index contributed by atoms with van der Waals surface area (Å²) in [6.07, 6.45) is 0.0219. The van der Waals surface area contributed by atoms with Crippen LogP contribution in [0, 0.1) is 6.92 Å². The van der Waals surface area contributed by atoms with Crippen LogP contribution in [-0.4, -0.2) is 35.1 Å². The maximum atomic E-state index is 12.7. The standard InChI is InChI=1S/C19H26N4O2/c1-6-23(7-2)18-12-16(20-14(5)21-18)19(24)22-15-10-8-9-11-17(15)25-13(3)4/h8-13H,6-7H2,1-5H3,(H,22,24). The first kappa shape index (κ1) is 18.7. The number of para-hydroxylation sites is 2. The number of amides is 1. The first-order chi connectivity index (χ1) is 11.9. The summed E-state index contributed by atoms with van der Waals surface area (Å²) >= 11 is 0. The summed E-state index contributed by atoms with van der Waals surface area (Å²) in [5.41, 5.74) is 0.968. The first-order valence-corrected chi connectivity index (χ1v) is 8.62. The Balaban J connectivity index is 2.27. The van der Waals surface area contributed by atoms with Crippen LogP contribution in [-0.2, 0) is 0 Å². The van der Waals surface area contributed by atoms with Crippen molar-refractivity contribution in [2.45, 2.75) is 40.7 Å². The zero-order valence-electron chi connectivity index (χ0n) is 15.5. The van der Waals surface area contributed by atoms with Gasteiger partial charge in [-0.05, 0) is 46.8 Å². The van der Waals surface area contributed by atoms with Gasteiger partial charge >= 0.3 is 0 Å². The molecule has 0 unspecified atom stereocenters. The molecule has 25 heavy (non-hydrogen) atoms. The third kappa shape index (κ3) is 4.92. The number of carbonyl (C=O) groups is 1. The predicted octanol–water partition coefficient (Wildman–Crippen LogP) is 3.67. The Hall–Kier alpha value is -2.63. The molecule has 6 nitrogen and oxygen atoms in total. The normalized spacial score (nSPS) is 10.6. The van der Waals surface area contributed by atoms with E-state index in [0.717, 1.165) is 18.9 Å². The van der Waals surface area contributed by atoms with Gasteiger partial charge in [0.05, 0.1) is 11.8 Å². The molecule has 0 saturated carbocycles. The topological polar surface area (TPSA) is 67.4 Å². The Morgan fingerprint density at radius 1 is 1.20 bits per heavy atom. The molecule has 0 spiro atoms. The number of carbonyl (C=O) groups excluding carboxylic acids is 1. The molecule has 0 fully saturated rings. The van der Waals surface area contributed by atoms with Crippen molar-refractivity contribution in [1.82, 2.24) is 9.97 Å². The van der Waals surface area contributed by atoms with Gasteiger partial charge in [-0.3, -0.25) is 4.79 Å². The molecule has 6 heteroatoms. The minimum absolute atomic E-state index is 0.0219. The number of benzene rings is 1. The van der Waals surface area contributed by atoms with Gasteiger partial charge in [-0.1, -0.05) is 12.1 Å². The second kappa shape index (κ2) is 8.46. The summed E-state index contributed by atoms with van der Waals surface area (Å²) in [5, 5.41) is 2.89. The van der Waals surface area contributed by atoms with E-state index in [1.807, 2.05) is 38.1 Å². The zero-order valence-corrected chi connectivity index (χ0v) is 15.5. The van der Waals surface area contributed by atoms with E-state index in [1.54, 1.807) is 13.0 Å². The van der Waals surface area contributed by atoms with Crippen molar-refractivity contribution in [1.29, 1.82) is 0 Å². The molecule has 1 heterocycles. The van der Waals surface area contributed by atoms with Gasteiger partial charge in [-0.25, -0.2) is 9.97 Å². The number of anilines is 2. The summed E-state index contributed by atoms with van der Waals surface area (Å²) in [7, 11) is 0. The van der Waals surface area contributed by atoms with Crippen molar-refractivity contribution < 1.29 is 9.53 Å². The van der Waals surface area contributed by atoms with Crippen LogP contribution >= 0.6 is 0 Å². The molecule has 1 N–H and O–H groups in total. The second-order valence-corrected chi connectivity index (χ2v) is 5.95. The van der Waals surface area contributed by atoms with Crippen molar-refractivity contribution in [2.24, 2.45) is 0 Å². The number of hydrogen-bond donors (Lipinski definition) is 1. The summed E-state index contributed by atoms with van der Waals surface area (Å²) in [6.45, 7) is 11.4. The molecule has 1 aromatic carbocycles. The fraction of sp³-hybridized carbons (Fsp3) is 0.421. The number of nitrogens with one attached hydrogen (secondary N) is 1. The Morgan fingerprint density at radius 3 is 2.52 bits per heavy atom. The van der Waals surface area contributed by atoms with Crippen molar-refractivity contribution in [3.63, 3.8) is 0 Å². The van der Waals surface area contributed by atoms with Crippen molar-refractivity contribution in [2.75, 3.05) is 23.3 Å². The highest BCUT2D eigenvalue weighted by Gasteiger charge is 2.15. The molecule has 2 rings (SSSR count). The molecule has 1 aromatic heterocycles.